The maximum Gasteiger partial charge on any atom is 0.324 e. The molecule has 0 aromatic carbocycles. The average Bonchev–Trinajstić information content (AvgIpc) is 2.91. The molecule has 1 N–H and O–H groups in total. The van der Waals surface area contributed by atoms with Crippen molar-refractivity contribution in [1.82, 2.24) is 15.0 Å². The highest BCUT2D eigenvalue weighted by Crippen LogP contribution is 2.27. The van der Waals surface area contributed by atoms with E-state index in [0.29, 0.717) is 5.95 Å². The normalized spacial score (nSPS) is 15.7. The van der Waals surface area contributed by atoms with Gasteiger partial charge in [-0.15, -0.1) is 4.98 Å². The van der Waals surface area contributed by atoms with Gasteiger partial charge >= 0.3 is 12.0 Å². The Hall–Kier alpha value is -1.59. The Kier molecular flexibility index (Phi) is 4.55. The molecule has 1 heterocycles. The largest absolute Gasteiger partial charge is 0.467 e. The first kappa shape index (κ1) is 12.9. The van der Waals surface area contributed by atoms with Crippen molar-refractivity contribution in [2.75, 3.05) is 26.1 Å². The van der Waals surface area contributed by atoms with Crippen LogP contribution in [0.3, 0.4) is 0 Å². The van der Waals surface area contributed by atoms with E-state index in [9.17, 15) is 0 Å². The molecule has 100 valence electrons. The van der Waals surface area contributed by atoms with Gasteiger partial charge in [0.1, 0.15) is 0 Å². The molecule has 1 aromatic heterocycles. The van der Waals surface area contributed by atoms with Crippen LogP contribution in [0.1, 0.15) is 32.1 Å². The molecule has 0 atom stereocenters. The lowest BCUT2D eigenvalue weighted by molar-refractivity contribution is 0.341. The monoisotopic (exact) mass is 252 g/mol. The fourth-order valence-electron chi connectivity index (χ4n) is 2.29. The molecule has 0 radical (unpaired) electrons. The second-order valence-electron chi connectivity index (χ2n) is 4.50. The second-order valence-corrected chi connectivity index (χ2v) is 4.50. The zero-order valence-electron chi connectivity index (χ0n) is 11.0. The van der Waals surface area contributed by atoms with Crippen molar-refractivity contribution >= 4 is 5.95 Å². The van der Waals surface area contributed by atoms with Gasteiger partial charge < -0.3 is 14.8 Å². The molecule has 6 nitrogen and oxygen atoms in total. The van der Waals surface area contributed by atoms with Crippen molar-refractivity contribution in [3.05, 3.63) is 0 Å². The third-order valence-corrected chi connectivity index (χ3v) is 3.27. The maximum atomic E-state index is 4.99. The van der Waals surface area contributed by atoms with Crippen LogP contribution in [0.25, 0.3) is 0 Å². The van der Waals surface area contributed by atoms with E-state index >= 15 is 0 Å². The molecular weight excluding hydrogens is 232 g/mol. The molecule has 1 aliphatic carbocycles. The number of nitrogens with zero attached hydrogens (tertiary/aromatic N) is 3. The number of methoxy groups -OCH3 is 2. The predicted octanol–water partition coefficient (Wildman–Crippen LogP) is 1.88. The number of anilines is 1. The summed E-state index contributed by atoms with van der Waals surface area (Å²) >= 11 is 0. The summed E-state index contributed by atoms with van der Waals surface area (Å²) in [5.74, 6) is 1.36. The first-order chi connectivity index (χ1) is 8.81. The third-order valence-electron chi connectivity index (χ3n) is 3.27. The van der Waals surface area contributed by atoms with Crippen molar-refractivity contribution in [2.24, 2.45) is 5.92 Å². The Labute approximate surface area is 107 Å². The Morgan fingerprint density at radius 1 is 1.06 bits per heavy atom. The number of hydrogen-bond donors (Lipinski definition) is 1. The first-order valence-electron chi connectivity index (χ1n) is 6.39. The van der Waals surface area contributed by atoms with E-state index in [1.807, 2.05) is 0 Å². The van der Waals surface area contributed by atoms with Gasteiger partial charge in [0.2, 0.25) is 5.95 Å². The molecule has 1 aromatic rings. The van der Waals surface area contributed by atoms with Crippen molar-refractivity contribution in [3.63, 3.8) is 0 Å². The lowest BCUT2D eigenvalue weighted by atomic mass is 10.0. The van der Waals surface area contributed by atoms with Crippen LogP contribution in [0.5, 0.6) is 12.0 Å². The van der Waals surface area contributed by atoms with Crippen LogP contribution in [-0.4, -0.2) is 35.7 Å². The first-order valence-corrected chi connectivity index (χ1v) is 6.39. The number of ether oxygens (including phenoxy) is 2. The van der Waals surface area contributed by atoms with Gasteiger partial charge in [-0.2, -0.15) is 9.97 Å². The molecule has 18 heavy (non-hydrogen) atoms. The highest BCUT2D eigenvalue weighted by molar-refractivity contribution is 5.27. The molecule has 0 unspecified atom stereocenters. The van der Waals surface area contributed by atoms with E-state index in [0.717, 1.165) is 18.9 Å². The summed E-state index contributed by atoms with van der Waals surface area (Å²) in [5.41, 5.74) is 0. The minimum absolute atomic E-state index is 0.269. The molecule has 2 rings (SSSR count). The Bertz CT molecular complexity index is 358. The standard InChI is InChI=1S/C12H20N4O2/c1-17-11-14-10(15-12(16-11)18-2)13-8-7-9-5-3-4-6-9/h9H,3-8H2,1-2H3,(H,13,14,15,16). The second kappa shape index (κ2) is 6.37. The number of rotatable bonds is 6. The molecule has 6 heteroatoms. The minimum atomic E-state index is 0.269. The quantitative estimate of drug-likeness (QED) is 0.833. The van der Waals surface area contributed by atoms with Gasteiger partial charge in [-0.25, -0.2) is 0 Å². The van der Waals surface area contributed by atoms with Crippen LogP contribution in [0, 0.1) is 5.92 Å². The number of hydrogen-bond acceptors (Lipinski definition) is 6. The molecule has 1 aliphatic rings. The van der Waals surface area contributed by atoms with Crippen LogP contribution in [0.2, 0.25) is 0 Å². The Morgan fingerprint density at radius 3 is 2.22 bits per heavy atom. The van der Waals surface area contributed by atoms with Gasteiger partial charge in [-0.1, -0.05) is 25.7 Å². The maximum absolute atomic E-state index is 4.99. The van der Waals surface area contributed by atoms with E-state index in [4.69, 9.17) is 9.47 Å². The van der Waals surface area contributed by atoms with Gasteiger partial charge in [0, 0.05) is 6.54 Å². The van der Waals surface area contributed by atoms with Gasteiger partial charge in [-0.05, 0) is 12.3 Å². The van der Waals surface area contributed by atoms with Gasteiger partial charge in [0.25, 0.3) is 0 Å². The number of nitrogens with one attached hydrogen (secondary N) is 1. The molecule has 0 amide bonds. The fraction of sp³-hybridized carbons (Fsp3) is 0.750. The Balaban J connectivity index is 1.87. The molecular formula is C12H20N4O2. The van der Waals surface area contributed by atoms with E-state index in [2.05, 4.69) is 20.3 Å². The van der Waals surface area contributed by atoms with E-state index in [1.54, 1.807) is 0 Å². The van der Waals surface area contributed by atoms with Crippen LogP contribution in [0.4, 0.5) is 5.95 Å². The highest BCUT2D eigenvalue weighted by atomic mass is 16.5. The van der Waals surface area contributed by atoms with Crippen LogP contribution in [0.15, 0.2) is 0 Å². The van der Waals surface area contributed by atoms with E-state index in [-0.39, 0.29) is 12.0 Å². The molecule has 0 saturated heterocycles. The molecule has 1 fully saturated rings. The van der Waals surface area contributed by atoms with Crippen LogP contribution < -0.4 is 14.8 Å². The van der Waals surface area contributed by atoms with Crippen molar-refractivity contribution in [2.45, 2.75) is 32.1 Å². The summed E-state index contributed by atoms with van der Waals surface area (Å²) in [4.78, 5) is 12.2. The zero-order chi connectivity index (χ0) is 12.8. The topological polar surface area (TPSA) is 69.2 Å². The summed E-state index contributed by atoms with van der Waals surface area (Å²) in [5, 5.41) is 3.20. The summed E-state index contributed by atoms with van der Waals surface area (Å²) in [6.07, 6.45) is 6.61. The van der Waals surface area contributed by atoms with Crippen LogP contribution in [-0.2, 0) is 0 Å². The van der Waals surface area contributed by atoms with Gasteiger partial charge in [-0.3, -0.25) is 0 Å². The van der Waals surface area contributed by atoms with Crippen molar-refractivity contribution in [1.29, 1.82) is 0 Å². The third kappa shape index (κ3) is 3.45. The predicted molar refractivity (Wildman–Crippen MR) is 68.0 cm³/mol. The van der Waals surface area contributed by atoms with Crippen LogP contribution >= 0.6 is 0 Å². The SMILES string of the molecule is COc1nc(NCCC2CCCC2)nc(OC)n1. The zero-order valence-corrected chi connectivity index (χ0v) is 11.0. The summed E-state index contributed by atoms with van der Waals surface area (Å²) < 4.78 is 9.99. The van der Waals surface area contributed by atoms with Crippen molar-refractivity contribution in [3.8, 4) is 12.0 Å². The summed E-state index contributed by atoms with van der Waals surface area (Å²) in [6, 6.07) is 0.537. The van der Waals surface area contributed by atoms with Gasteiger partial charge in [0.15, 0.2) is 0 Å². The minimum Gasteiger partial charge on any atom is -0.467 e. The fourth-order valence-corrected chi connectivity index (χ4v) is 2.29. The summed E-state index contributed by atoms with van der Waals surface area (Å²) in [6.45, 7) is 0.876. The van der Waals surface area contributed by atoms with E-state index in [1.165, 1.54) is 39.9 Å². The smallest absolute Gasteiger partial charge is 0.324 e. The van der Waals surface area contributed by atoms with Gasteiger partial charge in [0.05, 0.1) is 14.2 Å². The average molecular weight is 252 g/mol. The lowest BCUT2D eigenvalue weighted by Crippen LogP contribution is -2.10. The molecule has 0 spiro atoms. The summed E-state index contributed by atoms with van der Waals surface area (Å²) in [7, 11) is 3.05. The Morgan fingerprint density at radius 2 is 1.67 bits per heavy atom. The van der Waals surface area contributed by atoms with E-state index < -0.39 is 0 Å². The van der Waals surface area contributed by atoms with Crippen molar-refractivity contribution < 1.29 is 9.47 Å². The lowest BCUT2D eigenvalue weighted by Gasteiger charge is -2.10. The molecule has 0 aliphatic heterocycles. The highest BCUT2D eigenvalue weighted by Gasteiger charge is 2.14. The molecule has 0 bridgehead atoms. The number of aromatic nitrogens is 3. The molecule has 1 saturated carbocycles.